The number of hydrogen-bond acceptors (Lipinski definition) is 2. The van der Waals surface area contributed by atoms with E-state index in [4.69, 9.17) is 5.11 Å². The quantitative estimate of drug-likeness (QED) is 0.860. The zero-order valence-corrected chi connectivity index (χ0v) is 10.1. The van der Waals surface area contributed by atoms with Gasteiger partial charge in [-0.05, 0) is 37.0 Å². The fraction of sp³-hybridized carbons (Fsp3) is 0.538. The van der Waals surface area contributed by atoms with Crippen LogP contribution in [-0.4, -0.2) is 17.7 Å². The topological polar surface area (TPSA) is 23.5 Å². The summed E-state index contributed by atoms with van der Waals surface area (Å²) >= 11 is 0. The summed E-state index contributed by atoms with van der Waals surface area (Å²) in [6.45, 7) is 4.38. The molecule has 4 heteroatoms. The Bertz CT molecular complexity index is 399. The van der Waals surface area contributed by atoms with Gasteiger partial charge in [-0.1, -0.05) is 6.92 Å². The Balaban J connectivity index is 2.39. The zero-order valence-electron chi connectivity index (χ0n) is 10.1. The number of hydrogen-bond donors (Lipinski definition) is 1. The average Bonchev–Trinajstić information content (AvgIpc) is 2.57. The maximum atomic E-state index is 13.9. The lowest BCUT2D eigenvalue weighted by atomic mass is 10.1. The molecule has 1 aromatic carbocycles. The van der Waals surface area contributed by atoms with Crippen molar-refractivity contribution in [1.82, 2.24) is 0 Å². The molecule has 94 valence electrons. The number of anilines is 1. The summed E-state index contributed by atoms with van der Waals surface area (Å²) in [5, 5.41) is 8.89. The Kier molecular flexibility index (Phi) is 3.33. The van der Waals surface area contributed by atoms with E-state index >= 15 is 0 Å². The monoisotopic (exact) mass is 241 g/mol. The first kappa shape index (κ1) is 12.3. The molecule has 0 spiro atoms. The minimum Gasteiger partial charge on any atom is -0.392 e. The van der Waals surface area contributed by atoms with Crippen molar-refractivity contribution < 1.29 is 13.9 Å². The molecule has 0 bridgehead atoms. The van der Waals surface area contributed by atoms with E-state index in [9.17, 15) is 8.78 Å². The molecule has 1 fully saturated rings. The van der Waals surface area contributed by atoms with Gasteiger partial charge >= 0.3 is 0 Å². The number of halogens is 2. The normalized spacial score (nSPS) is 24.4. The van der Waals surface area contributed by atoms with Crippen molar-refractivity contribution >= 4 is 5.69 Å². The van der Waals surface area contributed by atoms with Gasteiger partial charge in [0, 0.05) is 12.6 Å². The predicted molar refractivity (Wildman–Crippen MR) is 62.9 cm³/mol. The smallest absolute Gasteiger partial charge is 0.149 e. The first-order valence-electron chi connectivity index (χ1n) is 5.88. The summed E-state index contributed by atoms with van der Waals surface area (Å²) in [5.41, 5.74) is 0.308. The molecule has 2 unspecified atom stereocenters. The van der Waals surface area contributed by atoms with Gasteiger partial charge < -0.3 is 10.0 Å². The second-order valence-corrected chi connectivity index (χ2v) is 4.91. The highest BCUT2D eigenvalue weighted by molar-refractivity contribution is 5.52. The highest BCUT2D eigenvalue weighted by Gasteiger charge is 2.30. The molecular formula is C13H17F2NO. The van der Waals surface area contributed by atoms with Gasteiger partial charge in [-0.3, -0.25) is 0 Å². The third-order valence-electron chi connectivity index (χ3n) is 3.33. The number of rotatable bonds is 2. The lowest BCUT2D eigenvalue weighted by Gasteiger charge is -2.25. The first-order chi connectivity index (χ1) is 8.02. The Morgan fingerprint density at radius 2 is 1.88 bits per heavy atom. The molecule has 1 aliphatic rings. The van der Waals surface area contributed by atoms with Crippen molar-refractivity contribution in [3.63, 3.8) is 0 Å². The minimum absolute atomic E-state index is 0.0408. The molecule has 0 amide bonds. The lowest BCUT2D eigenvalue weighted by molar-refractivity contribution is 0.280. The summed E-state index contributed by atoms with van der Waals surface area (Å²) < 4.78 is 27.7. The van der Waals surface area contributed by atoms with E-state index in [2.05, 4.69) is 6.92 Å². The van der Waals surface area contributed by atoms with Crippen LogP contribution in [0.5, 0.6) is 0 Å². The largest absolute Gasteiger partial charge is 0.392 e. The van der Waals surface area contributed by atoms with E-state index in [1.165, 1.54) is 12.1 Å². The van der Waals surface area contributed by atoms with Crippen molar-refractivity contribution in [1.29, 1.82) is 0 Å². The molecule has 1 aliphatic heterocycles. The van der Waals surface area contributed by atoms with Crippen molar-refractivity contribution in [3.05, 3.63) is 29.3 Å². The molecule has 1 N–H and O–H groups in total. The van der Waals surface area contributed by atoms with Gasteiger partial charge in [0.1, 0.15) is 17.3 Å². The molecule has 0 aromatic heterocycles. The number of benzene rings is 1. The number of nitrogens with zero attached hydrogens (tertiary/aromatic N) is 1. The fourth-order valence-corrected chi connectivity index (χ4v) is 2.60. The van der Waals surface area contributed by atoms with Crippen LogP contribution in [0.15, 0.2) is 12.1 Å². The molecule has 0 saturated carbocycles. The molecule has 1 heterocycles. The van der Waals surface area contributed by atoms with Gasteiger partial charge in [0.05, 0.1) is 6.61 Å². The van der Waals surface area contributed by atoms with Crippen LogP contribution in [0.1, 0.15) is 25.8 Å². The maximum absolute atomic E-state index is 13.9. The predicted octanol–water partition coefficient (Wildman–Crippen LogP) is 2.69. The van der Waals surface area contributed by atoms with Crippen LogP contribution in [0.2, 0.25) is 0 Å². The molecule has 2 rings (SSSR count). The maximum Gasteiger partial charge on any atom is 0.149 e. The van der Waals surface area contributed by atoms with E-state index in [-0.39, 0.29) is 23.9 Å². The lowest BCUT2D eigenvalue weighted by Crippen LogP contribution is -2.28. The Hall–Kier alpha value is -1.16. The van der Waals surface area contributed by atoms with Crippen molar-refractivity contribution in [2.75, 3.05) is 11.4 Å². The summed E-state index contributed by atoms with van der Waals surface area (Å²) in [6.07, 6.45) is 0.945. The zero-order chi connectivity index (χ0) is 12.6. The van der Waals surface area contributed by atoms with Gasteiger partial charge in [0.15, 0.2) is 0 Å². The summed E-state index contributed by atoms with van der Waals surface area (Å²) in [4.78, 5) is 1.77. The number of aliphatic hydroxyl groups is 1. The minimum atomic E-state index is -0.588. The van der Waals surface area contributed by atoms with E-state index in [1.54, 1.807) is 4.90 Å². The number of aliphatic hydroxyl groups excluding tert-OH is 1. The van der Waals surface area contributed by atoms with Crippen LogP contribution in [0.4, 0.5) is 14.5 Å². The van der Waals surface area contributed by atoms with Gasteiger partial charge in [-0.25, -0.2) is 8.78 Å². The summed E-state index contributed by atoms with van der Waals surface area (Å²) in [7, 11) is 0. The first-order valence-corrected chi connectivity index (χ1v) is 5.88. The second kappa shape index (κ2) is 4.61. The third-order valence-corrected chi connectivity index (χ3v) is 3.33. The van der Waals surface area contributed by atoms with E-state index < -0.39 is 11.6 Å². The molecule has 1 aromatic rings. The standard InChI is InChI=1S/C13H17F2NO/c1-8-3-9(2)16(6-8)13-11(14)4-10(7-17)5-12(13)15/h4-5,8-9,17H,3,6-7H2,1-2H3. The highest BCUT2D eigenvalue weighted by Crippen LogP contribution is 2.33. The second-order valence-electron chi connectivity index (χ2n) is 4.91. The van der Waals surface area contributed by atoms with Gasteiger partial charge in [-0.2, -0.15) is 0 Å². The molecular weight excluding hydrogens is 224 g/mol. The highest BCUT2D eigenvalue weighted by atomic mass is 19.1. The molecule has 2 atom stereocenters. The average molecular weight is 241 g/mol. The molecule has 2 nitrogen and oxygen atoms in total. The molecule has 0 radical (unpaired) electrons. The van der Waals surface area contributed by atoms with Crippen molar-refractivity contribution in [2.45, 2.75) is 32.9 Å². The van der Waals surface area contributed by atoms with Gasteiger partial charge in [-0.15, -0.1) is 0 Å². The summed E-state index contributed by atoms with van der Waals surface area (Å²) in [5.74, 6) is -0.730. The van der Waals surface area contributed by atoms with Crippen LogP contribution >= 0.6 is 0 Å². The molecule has 0 aliphatic carbocycles. The van der Waals surface area contributed by atoms with Gasteiger partial charge in [0.25, 0.3) is 0 Å². The SMILES string of the molecule is CC1CC(C)N(c2c(F)cc(CO)cc2F)C1. The van der Waals surface area contributed by atoms with Crippen LogP contribution < -0.4 is 4.90 Å². The van der Waals surface area contributed by atoms with Gasteiger partial charge in [0.2, 0.25) is 0 Å². The fourth-order valence-electron chi connectivity index (χ4n) is 2.60. The van der Waals surface area contributed by atoms with Crippen LogP contribution in [0.25, 0.3) is 0 Å². The van der Waals surface area contributed by atoms with Crippen LogP contribution in [-0.2, 0) is 6.61 Å². The Labute approximate surface area is 99.9 Å². The third kappa shape index (κ3) is 2.27. The Morgan fingerprint density at radius 3 is 2.29 bits per heavy atom. The van der Waals surface area contributed by atoms with Crippen LogP contribution in [0, 0.1) is 17.6 Å². The Morgan fingerprint density at radius 1 is 1.29 bits per heavy atom. The van der Waals surface area contributed by atoms with E-state index in [0.717, 1.165) is 6.42 Å². The van der Waals surface area contributed by atoms with Crippen LogP contribution in [0.3, 0.4) is 0 Å². The van der Waals surface area contributed by atoms with Crippen molar-refractivity contribution in [2.24, 2.45) is 5.92 Å². The molecule has 17 heavy (non-hydrogen) atoms. The van der Waals surface area contributed by atoms with E-state index in [0.29, 0.717) is 12.5 Å². The van der Waals surface area contributed by atoms with E-state index in [1.807, 2.05) is 6.92 Å². The van der Waals surface area contributed by atoms with Crippen molar-refractivity contribution in [3.8, 4) is 0 Å². The molecule has 1 saturated heterocycles. The summed E-state index contributed by atoms with van der Waals surface area (Å²) in [6, 6.07) is 2.55.